The summed E-state index contributed by atoms with van der Waals surface area (Å²) < 4.78 is 16.8. The third-order valence-corrected chi connectivity index (χ3v) is 8.14. The largest absolute Gasteiger partial charge is 0.339 e. The van der Waals surface area contributed by atoms with Gasteiger partial charge in [0.15, 0.2) is 0 Å². The van der Waals surface area contributed by atoms with E-state index in [0.717, 1.165) is 34.4 Å². The number of hydrogen-bond donors (Lipinski definition) is 2. The van der Waals surface area contributed by atoms with Crippen molar-refractivity contribution in [3.8, 4) is 17.2 Å². The average Bonchev–Trinajstić information content (AvgIpc) is 3.16. The monoisotopic (exact) mass is 443 g/mol. The first-order valence-corrected chi connectivity index (χ1v) is 11.6. The van der Waals surface area contributed by atoms with E-state index >= 15 is 0 Å². The first-order chi connectivity index (χ1) is 15.9. The molecule has 2 heterocycles. The molecule has 3 aliphatic rings. The minimum absolute atomic E-state index is 0.131. The zero-order valence-electron chi connectivity index (χ0n) is 18.6. The highest BCUT2D eigenvalue weighted by Crippen LogP contribution is 2.64. The van der Waals surface area contributed by atoms with Gasteiger partial charge in [0.25, 0.3) is 0 Å². The Kier molecular flexibility index (Phi) is 4.56. The Morgan fingerprint density at radius 2 is 2.09 bits per heavy atom. The number of rotatable bonds is 5. The molecular weight excluding hydrogens is 417 g/mol. The molecule has 2 bridgehead atoms. The van der Waals surface area contributed by atoms with Gasteiger partial charge < -0.3 is 10.6 Å². The molecule has 7 atom stereocenters. The molecule has 168 valence electrons. The van der Waals surface area contributed by atoms with Gasteiger partial charge in [-0.05, 0) is 65.0 Å². The Hall–Kier alpha value is -3.24. The lowest BCUT2D eigenvalue weighted by atomic mass is 9.94. The van der Waals surface area contributed by atoms with Crippen LogP contribution in [-0.2, 0) is 18.3 Å². The fraction of sp³-hybridized carbons (Fsp3) is 0.423. The highest BCUT2D eigenvalue weighted by Gasteiger charge is 2.67. The van der Waals surface area contributed by atoms with Crippen LogP contribution < -0.4 is 10.6 Å². The number of nitrogens with one attached hydrogen (secondary N) is 2. The zero-order chi connectivity index (χ0) is 22.9. The van der Waals surface area contributed by atoms with E-state index in [-0.39, 0.29) is 24.2 Å². The van der Waals surface area contributed by atoms with Crippen LogP contribution >= 0.6 is 0 Å². The van der Waals surface area contributed by atoms with Crippen molar-refractivity contribution in [2.75, 3.05) is 0 Å². The lowest BCUT2D eigenvalue weighted by Crippen LogP contribution is -2.51. The van der Waals surface area contributed by atoms with E-state index in [0.29, 0.717) is 29.4 Å². The molecule has 0 spiro atoms. The molecule has 1 amide bonds. The number of fused-ring (bicyclic) bond motifs is 6. The summed E-state index contributed by atoms with van der Waals surface area (Å²) in [6, 6.07) is 12.5. The third-order valence-electron chi connectivity index (χ3n) is 8.14. The lowest BCUT2D eigenvalue weighted by Gasteiger charge is -2.23. The van der Waals surface area contributed by atoms with Crippen LogP contribution in [0, 0.1) is 40.8 Å². The van der Waals surface area contributed by atoms with Gasteiger partial charge in [0.05, 0.1) is 23.8 Å². The number of aromatic nitrogens is 2. The number of aryl methyl sites for hydroxylation is 1. The second kappa shape index (κ2) is 7.39. The SMILES string of the molecule is CC1C2C3CC(C(C(=O)NC(C#N)Cc4ccc(-c5ccc6c(cnn6C)c5)cc4F)N3)C12. The van der Waals surface area contributed by atoms with Crippen LogP contribution in [0.3, 0.4) is 0 Å². The van der Waals surface area contributed by atoms with Crippen molar-refractivity contribution in [2.24, 2.45) is 30.7 Å². The number of benzene rings is 2. The maximum atomic E-state index is 15.0. The first kappa shape index (κ1) is 20.4. The molecule has 0 radical (unpaired) electrons. The first-order valence-electron chi connectivity index (χ1n) is 11.6. The van der Waals surface area contributed by atoms with E-state index in [1.165, 1.54) is 6.07 Å². The van der Waals surface area contributed by atoms with Crippen LogP contribution in [0.15, 0.2) is 42.6 Å². The summed E-state index contributed by atoms with van der Waals surface area (Å²) in [5.41, 5.74) is 3.10. The average molecular weight is 444 g/mol. The summed E-state index contributed by atoms with van der Waals surface area (Å²) in [7, 11) is 1.89. The zero-order valence-corrected chi connectivity index (χ0v) is 18.6. The predicted molar refractivity (Wildman–Crippen MR) is 122 cm³/mol. The highest BCUT2D eigenvalue weighted by atomic mass is 19.1. The molecule has 2 N–H and O–H groups in total. The molecule has 2 aliphatic carbocycles. The van der Waals surface area contributed by atoms with Gasteiger partial charge in [-0.3, -0.25) is 9.48 Å². The number of carbonyl (C=O) groups excluding carboxylic acids is 1. The van der Waals surface area contributed by atoms with Crippen LogP contribution in [0.4, 0.5) is 4.39 Å². The molecule has 6 rings (SSSR count). The maximum absolute atomic E-state index is 15.0. The van der Waals surface area contributed by atoms with Crippen LogP contribution in [0.25, 0.3) is 22.0 Å². The molecule has 3 aromatic rings. The second-order valence-electron chi connectivity index (χ2n) is 9.91. The molecule has 33 heavy (non-hydrogen) atoms. The smallest absolute Gasteiger partial charge is 0.238 e. The molecule has 1 saturated heterocycles. The van der Waals surface area contributed by atoms with Crippen LogP contribution in [0.2, 0.25) is 0 Å². The van der Waals surface area contributed by atoms with Crippen molar-refractivity contribution in [1.82, 2.24) is 20.4 Å². The summed E-state index contributed by atoms with van der Waals surface area (Å²) in [6.07, 6.45) is 2.98. The number of carbonyl (C=O) groups is 1. The van der Waals surface area contributed by atoms with Crippen LogP contribution in [0.5, 0.6) is 0 Å². The van der Waals surface area contributed by atoms with Gasteiger partial charge in [-0.1, -0.05) is 25.1 Å². The fourth-order valence-electron chi connectivity index (χ4n) is 6.45. The van der Waals surface area contributed by atoms with Crippen molar-refractivity contribution in [2.45, 2.75) is 37.9 Å². The molecule has 6 nitrogen and oxygen atoms in total. The van der Waals surface area contributed by atoms with Crippen molar-refractivity contribution in [1.29, 1.82) is 5.26 Å². The molecule has 7 unspecified atom stereocenters. The van der Waals surface area contributed by atoms with E-state index in [4.69, 9.17) is 0 Å². The number of halogens is 1. The minimum atomic E-state index is -0.766. The predicted octanol–water partition coefficient (Wildman–Crippen LogP) is 3.17. The number of nitriles is 1. The standard InChI is InChI=1S/C26H26FN5O/c1-13-23-19-10-21(24(13)23)31-25(19)26(33)30-18(11-28)8-16-4-3-15(9-20(16)27)14-5-6-22-17(7-14)12-29-32(22)2/h3-7,9,12-13,18-19,21,23-25,31H,8,10H2,1-2H3,(H,30,33). The Bertz CT molecular complexity index is 1310. The van der Waals surface area contributed by atoms with Gasteiger partial charge in [0.1, 0.15) is 11.9 Å². The molecule has 3 fully saturated rings. The van der Waals surface area contributed by atoms with Crippen molar-refractivity contribution >= 4 is 16.8 Å². The minimum Gasteiger partial charge on any atom is -0.339 e. The van der Waals surface area contributed by atoms with E-state index in [1.54, 1.807) is 16.9 Å². The van der Waals surface area contributed by atoms with E-state index < -0.39 is 6.04 Å². The van der Waals surface area contributed by atoms with E-state index in [1.807, 2.05) is 31.3 Å². The normalized spacial score (nSPS) is 30.1. The van der Waals surface area contributed by atoms with Gasteiger partial charge in [-0.15, -0.1) is 0 Å². The molecule has 2 saturated carbocycles. The molecule has 7 heteroatoms. The second-order valence-corrected chi connectivity index (χ2v) is 9.91. The maximum Gasteiger partial charge on any atom is 0.238 e. The summed E-state index contributed by atoms with van der Waals surface area (Å²) in [5, 5.41) is 21.2. The fourth-order valence-corrected chi connectivity index (χ4v) is 6.45. The Labute approximate surface area is 191 Å². The molecule has 2 aromatic carbocycles. The van der Waals surface area contributed by atoms with Gasteiger partial charge in [0, 0.05) is 24.9 Å². The van der Waals surface area contributed by atoms with E-state index in [2.05, 4.69) is 28.7 Å². The third kappa shape index (κ3) is 3.24. The van der Waals surface area contributed by atoms with E-state index in [9.17, 15) is 14.4 Å². The van der Waals surface area contributed by atoms with Gasteiger partial charge >= 0.3 is 0 Å². The van der Waals surface area contributed by atoms with Crippen molar-refractivity contribution in [3.63, 3.8) is 0 Å². The summed E-state index contributed by atoms with van der Waals surface area (Å²) in [5.74, 6) is 1.91. The summed E-state index contributed by atoms with van der Waals surface area (Å²) in [6.45, 7) is 2.26. The Morgan fingerprint density at radius 1 is 1.30 bits per heavy atom. The summed E-state index contributed by atoms with van der Waals surface area (Å²) in [4.78, 5) is 12.9. The number of nitrogens with zero attached hydrogens (tertiary/aromatic N) is 3. The van der Waals surface area contributed by atoms with Crippen molar-refractivity contribution < 1.29 is 9.18 Å². The van der Waals surface area contributed by atoms with Crippen molar-refractivity contribution in [3.05, 3.63) is 54.0 Å². The lowest BCUT2D eigenvalue weighted by molar-refractivity contribution is -0.124. The molecule has 1 aliphatic heterocycles. The Balaban J connectivity index is 1.15. The van der Waals surface area contributed by atoms with Crippen LogP contribution in [0.1, 0.15) is 18.9 Å². The van der Waals surface area contributed by atoms with Gasteiger partial charge in [0.2, 0.25) is 5.91 Å². The summed E-state index contributed by atoms with van der Waals surface area (Å²) >= 11 is 0. The van der Waals surface area contributed by atoms with Gasteiger partial charge in [-0.25, -0.2) is 4.39 Å². The number of amides is 1. The quantitative estimate of drug-likeness (QED) is 0.635. The topological polar surface area (TPSA) is 82.7 Å². The Morgan fingerprint density at radius 3 is 2.85 bits per heavy atom. The van der Waals surface area contributed by atoms with Gasteiger partial charge in [-0.2, -0.15) is 10.4 Å². The number of piperidine rings is 1. The molecule has 1 aromatic heterocycles. The highest BCUT2D eigenvalue weighted by molar-refractivity contribution is 5.85. The van der Waals surface area contributed by atoms with Crippen LogP contribution in [-0.4, -0.2) is 33.8 Å². The molecular formula is C26H26FN5O. The number of hydrogen-bond acceptors (Lipinski definition) is 4.